The van der Waals surface area contributed by atoms with E-state index in [4.69, 9.17) is 0 Å². The van der Waals surface area contributed by atoms with E-state index in [2.05, 4.69) is 11.4 Å². The molecule has 0 radical (unpaired) electrons. The van der Waals surface area contributed by atoms with Gasteiger partial charge in [-0.05, 0) is 55.7 Å². The largest absolute Gasteiger partial charge is 0.315 e. The van der Waals surface area contributed by atoms with Crippen LogP contribution in [-0.2, 0) is 17.6 Å². The number of anilines is 1. The third-order valence-corrected chi connectivity index (χ3v) is 7.11. The Kier molecular flexibility index (Phi) is 5.92. The van der Waals surface area contributed by atoms with Gasteiger partial charge in [0.2, 0.25) is 5.91 Å². The molecule has 0 fully saturated rings. The number of hydrogen-bond donors (Lipinski definition) is 1. The first-order valence-electron chi connectivity index (χ1n) is 10.7. The molecule has 2 heterocycles. The molecule has 4 rings (SSSR count). The molecule has 1 aliphatic carbocycles. The van der Waals surface area contributed by atoms with Crippen LogP contribution in [0.15, 0.2) is 24.3 Å². The average Bonchev–Trinajstić information content (AvgIpc) is 3.08. The summed E-state index contributed by atoms with van der Waals surface area (Å²) in [6.45, 7) is 3.90. The fourth-order valence-electron chi connectivity index (χ4n) is 4.41. The number of fused-ring (bicyclic) bond motifs is 2. The smallest absolute Gasteiger partial charge is 0.262 e. The first kappa shape index (κ1) is 21.3. The van der Waals surface area contributed by atoms with Gasteiger partial charge in [0, 0.05) is 4.88 Å². The molecule has 3 amide bonds. The molecule has 1 aromatic carbocycles. The van der Waals surface area contributed by atoms with Crippen molar-refractivity contribution in [3.8, 4) is 6.07 Å². The van der Waals surface area contributed by atoms with E-state index in [-0.39, 0.29) is 5.92 Å². The average molecular weight is 436 g/mol. The number of nitrogens with zero attached hydrogens (tertiary/aromatic N) is 2. The molecule has 7 heteroatoms. The lowest BCUT2D eigenvalue weighted by Crippen LogP contribution is -2.47. The third kappa shape index (κ3) is 3.88. The molecule has 0 saturated heterocycles. The minimum atomic E-state index is -0.930. The van der Waals surface area contributed by atoms with E-state index in [9.17, 15) is 19.6 Å². The molecular weight excluding hydrogens is 410 g/mol. The van der Waals surface area contributed by atoms with Gasteiger partial charge < -0.3 is 5.32 Å². The summed E-state index contributed by atoms with van der Waals surface area (Å²) >= 11 is 1.45. The second kappa shape index (κ2) is 8.64. The summed E-state index contributed by atoms with van der Waals surface area (Å²) in [4.78, 5) is 41.6. The highest BCUT2D eigenvalue weighted by Crippen LogP contribution is 2.37. The standard InChI is InChI=1S/C24H25N3O3S/c1-14(2)12-19(27-23(29)16-9-6-7-10-17(16)24(27)30)21(28)26-22-18(13-25)15-8-4-3-5-11-20(15)31-22/h6-7,9-10,14,19H,3-5,8,11-12H2,1-2H3,(H,26,28). The number of hydrogen-bond acceptors (Lipinski definition) is 5. The second-order valence-electron chi connectivity index (χ2n) is 8.54. The van der Waals surface area contributed by atoms with Crippen LogP contribution < -0.4 is 5.32 Å². The van der Waals surface area contributed by atoms with E-state index in [0.29, 0.717) is 28.1 Å². The highest BCUT2D eigenvalue weighted by molar-refractivity contribution is 7.16. The number of benzene rings is 1. The summed E-state index contributed by atoms with van der Waals surface area (Å²) in [5.74, 6) is -1.21. The Morgan fingerprint density at radius 1 is 1.13 bits per heavy atom. The molecule has 1 aromatic heterocycles. The van der Waals surface area contributed by atoms with Crippen molar-refractivity contribution in [3.63, 3.8) is 0 Å². The summed E-state index contributed by atoms with van der Waals surface area (Å²) < 4.78 is 0. The maximum Gasteiger partial charge on any atom is 0.262 e. The highest BCUT2D eigenvalue weighted by Gasteiger charge is 2.43. The Morgan fingerprint density at radius 2 is 1.77 bits per heavy atom. The molecule has 0 spiro atoms. The van der Waals surface area contributed by atoms with E-state index < -0.39 is 23.8 Å². The van der Waals surface area contributed by atoms with Crippen LogP contribution in [0.2, 0.25) is 0 Å². The van der Waals surface area contributed by atoms with Crippen molar-refractivity contribution < 1.29 is 14.4 Å². The van der Waals surface area contributed by atoms with E-state index in [1.807, 2.05) is 13.8 Å². The minimum Gasteiger partial charge on any atom is -0.315 e. The van der Waals surface area contributed by atoms with Crippen LogP contribution in [0.5, 0.6) is 0 Å². The lowest BCUT2D eigenvalue weighted by atomic mass is 10.0. The fourth-order valence-corrected chi connectivity index (χ4v) is 5.65. The van der Waals surface area contributed by atoms with Gasteiger partial charge in [-0.15, -0.1) is 11.3 Å². The van der Waals surface area contributed by atoms with Gasteiger partial charge >= 0.3 is 0 Å². The van der Waals surface area contributed by atoms with Crippen molar-refractivity contribution in [2.45, 2.75) is 58.4 Å². The monoisotopic (exact) mass is 435 g/mol. The van der Waals surface area contributed by atoms with E-state index >= 15 is 0 Å². The van der Waals surface area contributed by atoms with Crippen LogP contribution in [-0.4, -0.2) is 28.7 Å². The predicted octanol–water partition coefficient (Wildman–Crippen LogP) is 4.54. The summed E-state index contributed by atoms with van der Waals surface area (Å²) in [6, 6.07) is 7.99. The summed E-state index contributed by atoms with van der Waals surface area (Å²) in [5.41, 5.74) is 2.23. The molecule has 0 saturated carbocycles. The van der Waals surface area contributed by atoms with Crippen molar-refractivity contribution in [3.05, 3.63) is 51.4 Å². The lowest BCUT2D eigenvalue weighted by Gasteiger charge is -2.26. The zero-order valence-electron chi connectivity index (χ0n) is 17.7. The number of aryl methyl sites for hydroxylation is 1. The molecule has 1 N–H and O–H groups in total. The maximum absolute atomic E-state index is 13.4. The van der Waals surface area contributed by atoms with Gasteiger partial charge in [0.25, 0.3) is 11.8 Å². The number of carbonyl (C=O) groups excluding carboxylic acids is 3. The second-order valence-corrected chi connectivity index (χ2v) is 9.65. The van der Waals surface area contributed by atoms with Gasteiger partial charge in [-0.25, -0.2) is 0 Å². The van der Waals surface area contributed by atoms with Crippen molar-refractivity contribution in [2.24, 2.45) is 5.92 Å². The first-order valence-corrected chi connectivity index (χ1v) is 11.6. The summed E-state index contributed by atoms with van der Waals surface area (Å²) in [6.07, 6.45) is 5.37. The Morgan fingerprint density at radius 3 is 2.39 bits per heavy atom. The van der Waals surface area contributed by atoms with Crippen molar-refractivity contribution >= 4 is 34.1 Å². The van der Waals surface area contributed by atoms with Crippen LogP contribution in [0.1, 0.15) is 76.3 Å². The van der Waals surface area contributed by atoms with Gasteiger partial charge in [0.05, 0.1) is 16.7 Å². The van der Waals surface area contributed by atoms with Crippen molar-refractivity contribution in [2.75, 3.05) is 5.32 Å². The van der Waals surface area contributed by atoms with Gasteiger partial charge in [0.15, 0.2) is 0 Å². The molecule has 1 aliphatic heterocycles. The number of imide groups is 1. The van der Waals surface area contributed by atoms with Gasteiger partial charge in [-0.3, -0.25) is 19.3 Å². The van der Waals surface area contributed by atoms with Crippen LogP contribution in [0.3, 0.4) is 0 Å². The number of nitriles is 1. The molecule has 6 nitrogen and oxygen atoms in total. The topological polar surface area (TPSA) is 90.3 Å². The number of carbonyl (C=O) groups is 3. The molecule has 1 unspecified atom stereocenters. The highest BCUT2D eigenvalue weighted by atomic mass is 32.1. The van der Waals surface area contributed by atoms with Crippen LogP contribution in [0, 0.1) is 17.2 Å². The van der Waals surface area contributed by atoms with Crippen LogP contribution >= 0.6 is 11.3 Å². The first-order chi connectivity index (χ1) is 14.9. The Balaban J connectivity index is 1.65. The zero-order chi connectivity index (χ0) is 22.1. The normalized spacial score (nSPS) is 16.5. The fraction of sp³-hybridized carbons (Fsp3) is 0.417. The Bertz CT molecular complexity index is 1060. The number of rotatable bonds is 5. The van der Waals surface area contributed by atoms with E-state index in [0.717, 1.165) is 47.4 Å². The molecular formula is C24H25N3O3S. The summed E-state index contributed by atoms with van der Waals surface area (Å²) in [5, 5.41) is 13.2. The van der Waals surface area contributed by atoms with Gasteiger partial charge in [-0.1, -0.05) is 32.4 Å². The Labute approximate surface area is 185 Å². The lowest BCUT2D eigenvalue weighted by molar-refractivity contribution is -0.120. The van der Waals surface area contributed by atoms with Crippen LogP contribution in [0.25, 0.3) is 0 Å². The van der Waals surface area contributed by atoms with E-state index in [1.54, 1.807) is 24.3 Å². The molecule has 0 bridgehead atoms. The number of nitrogens with one attached hydrogen (secondary N) is 1. The van der Waals surface area contributed by atoms with Crippen molar-refractivity contribution in [1.82, 2.24) is 4.90 Å². The Hall–Kier alpha value is -2.98. The molecule has 1 atom stereocenters. The number of amides is 3. The SMILES string of the molecule is CC(C)CC(C(=O)Nc1sc2c(c1C#N)CCCCC2)N1C(=O)c2ccccc2C1=O. The third-order valence-electron chi connectivity index (χ3n) is 5.90. The van der Waals surface area contributed by atoms with Crippen molar-refractivity contribution in [1.29, 1.82) is 5.26 Å². The van der Waals surface area contributed by atoms with Gasteiger partial charge in [-0.2, -0.15) is 5.26 Å². The number of thiophene rings is 1. The molecule has 31 heavy (non-hydrogen) atoms. The van der Waals surface area contributed by atoms with E-state index in [1.165, 1.54) is 11.3 Å². The molecule has 2 aliphatic rings. The van der Waals surface area contributed by atoms with Crippen LogP contribution in [0.4, 0.5) is 5.00 Å². The minimum absolute atomic E-state index is 0.0931. The maximum atomic E-state index is 13.4. The summed E-state index contributed by atoms with van der Waals surface area (Å²) in [7, 11) is 0. The predicted molar refractivity (Wildman–Crippen MR) is 119 cm³/mol. The molecule has 2 aromatic rings. The van der Waals surface area contributed by atoms with Gasteiger partial charge in [0.1, 0.15) is 17.1 Å². The molecule has 160 valence electrons. The zero-order valence-corrected chi connectivity index (χ0v) is 18.6. The quantitative estimate of drug-likeness (QED) is 0.551.